The molecular formula is C6H14N3O3S-. The zero-order chi connectivity index (χ0) is 9.52. The Balaban J connectivity index is 2.09. The van der Waals surface area contributed by atoms with Crippen LogP contribution in [0.2, 0.25) is 0 Å². The summed E-state index contributed by atoms with van der Waals surface area (Å²) in [6.07, 6.45) is 1.89. The minimum atomic E-state index is 0.448. The van der Waals surface area contributed by atoms with E-state index in [1.165, 1.54) is 11.8 Å². The molecule has 1 fully saturated rings. The normalized spacial score (nSPS) is 19.6. The molecule has 1 rings (SSSR count). The Kier molecular flexibility index (Phi) is 5.63. The Labute approximate surface area is 81.6 Å². The van der Waals surface area contributed by atoms with Crippen LogP contribution in [0.4, 0.5) is 0 Å². The third kappa shape index (κ3) is 4.23. The van der Waals surface area contributed by atoms with Gasteiger partial charge in [-0.15, -0.1) is 17.4 Å². The summed E-state index contributed by atoms with van der Waals surface area (Å²) in [7, 11) is 0. The maximum absolute atomic E-state index is 11.2. The van der Waals surface area contributed by atoms with Gasteiger partial charge in [0.15, 0.2) is 0 Å². The van der Waals surface area contributed by atoms with Crippen LogP contribution in [-0.4, -0.2) is 48.8 Å². The van der Waals surface area contributed by atoms with Gasteiger partial charge in [0.2, 0.25) is 0 Å². The molecule has 0 unspecified atom stereocenters. The van der Waals surface area contributed by atoms with Gasteiger partial charge in [0, 0.05) is 13.1 Å². The molecule has 78 valence electrons. The molecule has 7 heteroatoms. The molecule has 0 bridgehead atoms. The Morgan fingerprint density at radius 3 is 2.92 bits per heavy atom. The molecule has 1 saturated heterocycles. The number of nitrogens with one attached hydrogen (secondary N) is 1. The fraction of sp³-hybridized carbons (Fsp3) is 1.00. The summed E-state index contributed by atoms with van der Waals surface area (Å²) in [5, 5.41) is 13.4. The van der Waals surface area contributed by atoms with Gasteiger partial charge in [-0.05, 0) is 6.26 Å². The van der Waals surface area contributed by atoms with Gasteiger partial charge in [0.05, 0.1) is 13.2 Å². The second kappa shape index (κ2) is 6.55. The van der Waals surface area contributed by atoms with E-state index >= 15 is 0 Å². The van der Waals surface area contributed by atoms with Gasteiger partial charge in [-0.3, -0.25) is 4.84 Å². The van der Waals surface area contributed by atoms with Crippen LogP contribution in [-0.2, 0) is 9.57 Å². The van der Waals surface area contributed by atoms with Crippen molar-refractivity contribution in [3.05, 3.63) is 5.21 Å². The second-order valence-electron chi connectivity index (χ2n) is 2.48. The van der Waals surface area contributed by atoms with Crippen LogP contribution < -0.4 is 5.59 Å². The summed E-state index contributed by atoms with van der Waals surface area (Å²) in [5.74, 6) is 0.448. The molecule has 0 aromatic heterocycles. The highest BCUT2D eigenvalue weighted by Gasteiger charge is 2.11. The Hall–Kier alpha value is 0.110. The molecule has 0 spiro atoms. The van der Waals surface area contributed by atoms with E-state index in [1.807, 2.05) is 6.26 Å². The Bertz CT molecular complexity index is 134. The lowest BCUT2D eigenvalue weighted by Crippen LogP contribution is -2.51. The molecule has 0 aromatic carbocycles. The molecule has 0 aliphatic carbocycles. The molecule has 1 aliphatic rings. The van der Waals surface area contributed by atoms with Gasteiger partial charge in [-0.25, -0.2) is 10.3 Å². The number of hydrazine groups is 2. The first kappa shape index (κ1) is 11.2. The summed E-state index contributed by atoms with van der Waals surface area (Å²) in [6.45, 7) is 2.37. The number of ether oxygens (including phenoxy) is 1. The van der Waals surface area contributed by atoms with Gasteiger partial charge in [-0.2, -0.15) is 0 Å². The van der Waals surface area contributed by atoms with E-state index in [9.17, 15) is 5.21 Å². The van der Waals surface area contributed by atoms with Gasteiger partial charge < -0.3 is 9.94 Å². The summed E-state index contributed by atoms with van der Waals surface area (Å²) in [6, 6.07) is 0. The monoisotopic (exact) mass is 208 g/mol. The van der Waals surface area contributed by atoms with Gasteiger partial charge in [0.1, 0.15) is 5.94 Å². The van der Waals surface area contributed by atoms with Crippen molar-refractivity contribution in [3.63, 3.8) is 0 Å². The number of thioether (sulfide) groups is 1. The average molecular weight is 208 g/mol. The summed E-state index contributed by atoms with van der Waals surface area (Å²) < 4.78 is 5.10. The fourth-order valence-electron chi connectivity index (χ4n) is 0.934. The third-order valence-corrected chi connectivity index (χ3v) is 1.92. The minimum Gasteiger partial charge on any atom is -0.756 e. The highest BCUT2D eigenvalue weighted by Crippen LogP contribution is 1.99. The smallest absolute Gasteiger partial charge is 0.115 e. The van der Waals surface area contributed by atoms with Gasteiger partial charge >= 0.3 is 0 Å². The SMILES string of the molecule is CSCONN([O-])N1CCOCC1. The topological polar surface area (TPSA) is 60.0 Å². The van der Waals surface area contributed by atoms with Gasteiger partial charge in [0.25, 0.3) is 0 Å². The van der Waals surface area contributed by atoms with E-state index in [2.05, 4.69) is 5.59 Å². The van der Waals surface area contributed by atoms with Crippen molar-refractivity contribution in [2.75, 3.05) is 38.5 Å². The zero-order valence-corrected chi connectivity index (χ0v) is 8.38. The van der Waals surface area contributed by atoms with E-state index < -0.39 is 0 Å². The summed E-state index contributed by atoms with van der Waals surface area (Å²) >= 11 is 1.50. The molecular weight excluding hydrogens is 194 g/mol. The third-order valence-electron chi connectivity index (χ3n) is 1.56. The number of nitrogens with zero attached hydrogens (tertiary/aromatic N) is 2. The quantitative estimate of drug-likeness (QED) is 0.381. The number of morpholine rings is 1. The molecule has 0 amide bonds. The minimum absolute atomic E-state index is 0.448. The molecule has 0 saturated carbocycles. The molecule has 13 heavy (non-hydrogen) atoms. The zero-order valence-electron chi connectivity index (χ0n) is 7.56. The molecule has 1 heterocycles. The predicted octanol–water partition coefficient (Wildman–Crippen LogP) is -0.210. The molecule has 1 N–H and O–H groups in total. The van der Waals surface area contributed by atoms with Crippen LogP contribution in [0.5, 0.6) is 0 Å². The first-order valence-electron chi connectivity index (χ1n) is 4.01. The van der Waals surface area contributed by atoms with Gasteiger partial charge in [-0.1, -0.05) is 0 Å². The van der Waals surface area contributed by atoms with Crippen molar-refractivity contribution in [2.24, 2.45) is 0 Å². The maximum Gasteiger partial charge on any atom is 0.115 e. The number of hydrogen-bond acceptors (Lipinski definition) is 7. The first-order valence-corrected chi connectivity index (χ1v) is 5.40. The van der Waals surface area contributed by atoms with Crippen LogP contribution in [0.3, 0.4) is 0 Å². The second-order valence-corrected chi connectivity index (χ2v) is 3.29. The van der Waals surface area contributed by atoms with Crippen LogP contribution >= 0.6 is 11.8 Å². The van der Waals surface area contributed by atoms with Crippen molar-refractivity contribution < 1.29 is 9.57 Å². The van der Waals surface area contributed by atoms with E-state index in [-0.39, 0.29) is 0 Å². The van der Waals surface area contributed by atoms with E-state index in [4.69, 9.17) is 9.57 Å². The summed E-state index contributed by atoms with van der Waals surface area (Å²) in [5.41, 5.74) is 2.28. The summed E-state index contributed by atoms with van der Waals surface area (Å²) in [4.78, 5) is 4.84. The Morgan fingerprint density at radius 1 is 1.62 bits per heavy atom. The highest BCUT2D eigenvalue weighted by molar-refractivity contribution is 7.98. The highest BCUT2D eigenvalue weighted by atomic mass is 32.2. The number of hydrogen-bond donors (Lipinski definition) is 1. The average Bonchev–Trinajstić information content (AvgIpc) is 2.19. The molecule has 0 aromatic rings. The fourth-order valence-corrected chi connectivity index (χ4v) is 1.10. The lowest BCUT2D eigenvalue weighted by Gasteiger charge is -2.40. The van der Waals surface area contributed by atoms with Crippen LogP contribution in [0, 0.1) is 5.21 Å². The van der Waals surface area contributed by atoms with Crippen LogP contribution in [0.25, 0.3) is 0 Å². The maximum atomic E-state index is 11.2. The molecule has 0 radical (unpaired) electrons. The predicted molar refractivity (Wildman–Crippen MR) is 50.2 cm³/mol. The van der Waals surface area contributed by atoms with Crippen molar-refractivity contribution in [3.8, 4) is 0 Å². The van der Waals surface area contributed by atoms with Crippen LogP contribution in [0.1, 0.15) is 0 Å². The van der Waals surface area contributed by atoms with Crippen molar-refractivity contribution in [2.45, 2.75) is 0 Å². The molecule has 0 atom stereocenters. The van der Waals surface area contributed by atoms with Crippen molar-refractivity contribution in [1.29, 1.82) is 0 Å². The van der Waals surface area contributed by atoms with Crippen LogP contribution in [0.15, 0.2) is 0 Å². The van der Waals surface area contributed by atoms with E-state index in [1.54, 1.807) is 5.01 Å². The Morgan fingerprint density at radius 2 is 2.31 bits per heavy atom. The number of rotatable bonds is 5. The standard InChI is InChI=1S/C6H14N3O3S/c1-13-6-12-7-9(10)8-2-4-11-5-3-8/h7H,2-6H2,1H3/q-1. The van der Waals surface area contributed by atoms with E-state index in [0.29, 0.717) is 37.5 Å². The van der Waals surface area contributed by atoms with Crippen molar-refractivity contribution in [1.82, 2.24) is 15.9 Å². The van der Waals surface area contributed by atoms with E-state index in [0.717, 1.165) is 0 Å². The largest absolute Gasteiger partial charge is 0.756 e. The first-order chi connectivity index (χ1) is 6.34. The molecule has 1 aliphatic heterocycles. The molecule has 6 nitrogen and oxygen atoms in total. The van der Waals surface area contributed by atoms with Crippen molar-refractivity contribution >= 4 is 11.8 Å². The lowest BCUT2D eigenvalue weighted by molar-refractivity contribution is -0.171. The lowest BCUT2D eigenvalue weighted by atomic mass is 10.5.